The van der Waals surface area contributed by atoms with Gasteiger partial charge in [0.05, 0.1) is 7.11 Å². The molecule has 0 unspecified atom stereocenters. The normalized spacial score (nSPS) is 11.7. The van der Waals surface area contributed by atoms with E-state index in [-0.39, 0.29) is 19.1 Å². The van der Waals surface area contributed by atoms with Crippen LogP contribution in [0.4, 0.5) is 0 Å². The minimum absolute atomic E-state index is 0.106. The Kier molecular flexibility index (Phi) is 8.09. The topological polar surface area (TPSA) is 73.9 Å². The van der Waals surface area contributed by atoms with Crippen LogP contribution >= 0.6 is 0 Å². The molecule has 1 atom stereocenters. The molecule has 0 saturated heterocycles. The Labute approximate surface area is 165 Å². The molecular formula is C22H25NO5. The summed E-state index contributed by atoms with van der Waals surface area (Å²) in [7, 11) is 1.59. The van der Waals surface area contributed by atoms with E-state index in [1.165, 1.54) is 6.08 Å². The van der Waals surface area contributed by atoms with Crippen molar-refractivity contribution in [3.05, 3.63) is 65.7 Å². The van der Waals surface area contributed by atoms with Gasteiger partial charge in [0.1, 0.15) is 30.8 Å². The molecule has 6 heteroatoms. The van der Waals surface area contributed by atoms with Gasteiger partial charge in [0.2, 0.25) is 5.91 Å². The van der Waals surface area contributed by atoms with Crippen molar-refractivity contribution in [1.82, 2.24) is 5.32 Å². The van der Waals surface area contributed by atoms with Crippen LogP contribution in [0.25, 0.3) is 6.08 Å². The lowest BCUT2D eigenvalue weighted by atomic mass is 10.2. The number of methoxy groups -OCH3 is 1. The molecule has 1 N–H and O–H groups in total. The van der Waals surface area contributed by atoms with Gasteiger partial charge in [-0.05, 0) is 49.8 Å². The number of ether oxygens (including phenoxy) is 3. The molecule has 0 fully saturated rings. The lowest BCUT2D eigenvalue weighted by Crippen LogP contribution is -2.39. The van der Waals surface area contributed by atoms with Gasteiger partial charge in [0.15, 0.2) is 0 Å². The van der Waals surface area contributed by atoms with Crippen LogP contribution < -0.4 is 14.8 Å². The maximum atomic E-state index is 11.9. The number of hydrogen-bond donors (Lipinski definition) is 1. The number of amides is 1. The summed E-state index contributed by atoms with van der Waals surface area (Å²) in [4.78, 5) is 23.9. The third-order valence-electron chi connectivity index (χ3n) is 3.87. The number of aryl methyl sites for hydroxylation is 1. The fourth-order valence-electron chi connectivity index (χ4n) is 2.27. The van der Waals surface area contributed by atoms with Crippen LogP contribution in [0.5, 0.6) is 11.5 Å². The average Bonchev–Trinajstić information content (AvgIpc) is 2.71. The summed E-state index contributed by atoms with van der Waals surface area (Å²) in [5.74, 6) is 0.561. The van der Waals surface area contributed by atoms with Gasteiger partial charge in [-0.3, -0.25) is 4.79 Å². The molecule has 0 aliphatic rings. The van der Waals surface area contributed by atoms with E-state index in [1.54, 1.807) is 32.2 Å². The fourth-order valence-corrected chi connectivity index (χ4v) is 2.27. The largest absolute Gasteiger partial charge is 0.497 e. The summed E-state index contributed by atoms with van der Waals surface area (Å²) in [5.41, 5.74) is 1.99. The quantitative estimate of drug-likeness (QED) is 0.409. The Balaban J connectivity index is 1.69. The van der Waals surface area contributed by atoms with Crippen LogP contribution in [0.3, 0.4) is 0 Å². The first-order valence-electron chi connectivity index (χ1n) is 8.96. The van der Waals surface area contributed by atoms with E-state index in [0.717, 1.165) is 16.9 Å². The summed E-state index contributed by atoms with van der Waals surface area (Å²) in [6.07, 6.45) is 3.02. The van der Waals surface area contributed by atoms with Gasteiger partial charge < -0.3 is 19.5 Å². The Hall–Kier alpha value is -3.28. The Morgan fingerprint density at radius 2 is 1.64 bits per heavy atom. The van der Waals surface area contributed by atoms with Crippen molar-refractivity contribution in [2.75, 3.05) is 20.3 Å². The molecule has 2 aromatic rings. The summed E-state index contributed by atoms with van der Waals surface area (Å²) in [6, 6.07) is 14.1. The molecule has 0 heterocycles. The summed E-state index contributed by atoms with van der Waals surface area (Å²) < 4.78 is 15.7. The first-order valence-corrected chi connectivity index (χ1v) is 8.96. The zero-order valence-corrected chi connectivity index (χ0v) is 16.3. The van der Waals surface area contributed by atoms with Gasteiger partial charge >= 0.3 is 5.97 Å². The molecule has 2 rings (SSSR count). The molecule has 0 saturated carbocycles. The van der Waals surface area contributed by atoms with E-state index < -0.39 is 12.0 Å². The van der Waals surface area contributed by atoms with E-state index in [1.807, 2.05) is 43.3 Å². The number of hydrogen-bond acceptors (Lipinski definition) is 5. The van der Waals surface area contributed by atoms with Crippen molar-refractivity contribution in [2.45, 2.75) is 19.9 Å². The van der Waals surface area contributed by atoms with E-state index in [4.69, 9.17) is 14.2 Å². The van der Waals surface area contributed by atoms with Crippen LogP contribution in [0.1, 0.15) is 18.1 Å². The average molecular weight is 383 g/mol. The molecule has 6 nitrogen and oxygen atoms in total. The molecule has 0 bridgehead atoms. The van der Waals surface area contributed by atoms with E-state index in [2.05, 4.69) is 5.32 Å². The highest BCUT2D eigenvalue weighted by Gasteiger charge is 2.15. The maximum absolute atomic E-state index is 11.9. The first kappa shape index (κ1) is 21.0. The lowest BCUT2D eigenvalue weighted by molar-refractivity contribution is -0.147. The van der Waals surface area contributed by atoms with Crippen LogP contribution in [-0.2, 0) is 14.3 Å². The van der Waals surface area contributed by atoms with Gasteiger partial charge in [-0.15, -0.1) is 0 Å². The SMILES string of the molecule is COc1ccc(/C=C/C(=O)N[C@@H](C)C(=O)OCCOc2ccc(C)cc2)cc1. The smallest absolute Gasteiger partial charge is 0.328 e. The van der Waals surface area contributed by atoms with E-state index >= 15 is 0 Å². The first-order chi connectivity index (χ1) is 13.5. The molecule has 0 aliphatic heterocycles. The van der Waals surface area contributed by atoms with Gasteiger partial charge in [-0.25, -0.2) is 4.79 Å². The van der Waals surface area contributed by atoms with Gasteiger partial charge in [-0.2, -0.15) is 0 Å². The molecule has 2 aromatic carbocycles. The minimum atomic E-state index is -0.757. The highest BCUT2D eigenvalue weighted by Crippen LogP contribution is 2.12. The molecule has 1 amide bonds. The lowest BCUT2D eigenvalue weighted by Gasteiger charge is -2.12. The van der Waals surface area contributed by atoms with Crippen molar-refractivity contribution in [3.8, 4) is 11.5 Å². The Morgan fingerprint density at radius 3 is 2.29 bits per heavy atom. The summed E-state index contributed by atoms with van der Waals surface area (Å²) in [5, 5.41) is 2.57. The van der Waals surface area contributed by atoms with Gasteiger partial charge in [0.25, 0.3) is 0 Å². The molecule has 0 spiro atoms. The fraction of sp³-hybridized carbons (Fsp3) is 0.273. The van der Waals surface area contributed by atoms with Crippen molar-refractivity contribution in [2.24, 2.45) is 0 Å². The second kappa shape index (κ2) is 10.8. The predicted octanol–water partition coefficient (Wildman–Crippen LogP) is 3.14. The summed E-state index contributed by atoms with van der Waals surface area (Å²) in [6.45, 7) is 3.91. The molecular weight excluding hydrogens is 358 g/mol. The molecule has 0 aliphatic carbocycles. The van der Waals surface area contributed by atoms with Gasteiger partial charge in [-0.1, -0.05) is 29.8 Å². The van der Waals surface area contributed by atoms with Crippen LogP contribution in [0.2, 0.25) is 0 Å². The highest BCUT2D eigenvalue weighted by molar-refractivity contribution is 5.94. The van der Waals surface area contributed by atoms with Crippen molar-refractivity contribution < 1.29 is 23.8 Å². The third kappa shape index (κ3) is 7.15. The van der Waals surface area contributed by atoms with Crippen LogP contribution in [-0.4, -0.2) is 38.2 Å². The van der Waals surface area contributed by atoms with Crippen LogP contribution in [0, 0.1) is 6.92 Å². The number of rotatable bonds is 9. The molecule has 148 valence electrons. The van der Waals surface area contributed by atoms with Gasteiger partial charge in [0, 0.05) is 6.08 Å². The standard InChI is InChI=1S/C22H25NO5/c1-16-4-9-20(10-5-16)27-14-15-28-22(25)17(2)23-21(24)13-8-18-6-11-19(26-3)12-7-18/h4-13,17H,14-15H2,1-3H3,(H,23,24)/b13-8+/t17-/m0/s1. The third-order valence-corrected chi connectivity index (χ3v) is 3.87. The monoisotopic (exact) mass is 383 g/mol. The number of esters is 1. The second-order valence-corrected chi connectivity index (χ2v) is 6.17. The van der Waals surface area contributed by atoms with E-state index in [9.17, 15) is 9.59 Å². The maximum Gasteiger partial charge on any atom is 0.328 e. The van der Waals surface area contributed by atoms with Crippen LogP contribution in [0.15, 0.2) is 54.6 Å². The second-order valence-electron chi connectivity index (χ2n) is 6.17. The zero-order valence-electron chi connectivity index (χ0n) is 16.3. The van der Waals surface area contributed by atoms with Crippen molar-refractivity contribution in [1.29, 1.82) is 0 Å². The number of benzene rings is 2. The predicted molar refractivity (Wildman–Crippen MR) is 107 cm³/mol. The number of carbonyl (C=O) groups is 2. The summed E-state index contributed by atoms with van der Waals surface area (Å²) >= 11 is 0. The Bertz CT molecular complexity index is 797. The Morgan fingerprint density at radius 1 is 1.00 bits per heavy atom. The molecule has 28 heavy (non-hydrogen) atoms. The van der Waals surface area contributed by atoms with E-state index in [0.29, 0.717) is 5.75 Å². The molecule has 0 radical (unpaired) electrons. The zero-order chi connectivity index (χ0) is 20.4. The van der Waals surface area contributed by atoms with Crippen molar-refractivity contribution in [3.63, 3.8) is 0 Å². The number of nitrogens with one attached hydrogen (secondary N) is 1. The van der Waals surface area contributed by atoms with Crippen molar-refractivity contribution >= 4 is 18.0 Å². The highest BCUT2D eigenvalue weighted by atomic mass is 16.6. The molecule has 0 aromatic heterocycles. The minimum Gasteiger partial charge on any atom is -0.497 e. The number of carbonyl (C=O) groups excluding carboxylic acids is 2.